The highest BCUT2D eigenvalue weighted by Gasteiger charge is 2.27. The van der Waals surface area contributed by atoms with Crippen molar-refractivity contribution in [2.45, 2.75) is 13.0 Å². The molecular formula is C22H19N5O3S. The molecule has 31 heavy (non-hydrogen) atoms. The van der Waals surface area contributed by atoms with Crippen molar-refractivity contribution in [3.05, 3.63) is 75.1 Å². The predicted octanol–water partition coefficient (Wildman–Crippen LogP) is 3.10. The fourth-order valence-electron chi connectivity index (χ4n) is 3.65. The Morgan fingerprint density at radius 2 is 2.06 bits per heavy atom. The maximum absolute atomic E-state index is 13.0. The van der Waals surface area contributed by atoms with Crippen LogP contribution in [0.3, 0.4) is 0 Å². The molecule has 0 aliphatic carbocycles. The molecule has 4 aromatic rings. The monoisotopic (exact) mass is 433 g/mol. The third-order valence-corrected chi connectivity index (χ3v) is 6.21. The smallest absolute Gasteiger partial charge is 0.274 e. The first-order valence-electron chi connectivity index (χ1n) is 9.77. The molecule has 156 valence electrons. The largest absolute Gasteiger partial charge is 0.497 e. The molecule has 2 N–H and O–H groups in total. The van der Waals surface area contributed by atoms with E-state index in [-0.39, 0.29) is 18.0 Å². The number of ether oxygens (including phenoxy) is 1. The van der Waals surface area contributed by atoms with Crippen molar-refractivity contribution in [1.82, 2.24) is 25.1 Å². The summed E-state index contributed by atoms with van der Waals surface area (Å²) in [6.07, 6.45) is 0.453. The number of rotatable bonds is 4. The Labute approximate surface area is 181 Å². The van der Waals surface area contributed by atoms with Crippen molar-refractivity contribution in [3.63, 3.8) is 0 Å². The van der Waals surface area contributed by atoms with Gasteiger partial charge in [0.2, 0.25) is 0 Å². The van der Waals surface area contributed by atoms with E-state index in [1.807, 2.05) is 41.8 Å². The highest BCUT2D eigenvalue weighted by Crippen LogP contribution is 2.25. The van der Waals surface area contributed by atoms with Gasteiger partial charge >= 0.3 is 0 Å². The Morgan fingerprint density at radius 3 is 2.81 bits per heavy atom. The number of nitrogens with one attached hydrogen (secondary N) is 2. The number of hydrogen-bond donors (Lipinski definition) is 2. The zero-order valence-electron chi connectivity index (χ0n) is 16.7. The summed E-state index contributed by atoms with van der Waals surface area (Å²) in [6.45, 7) is 0.710. The van der Waals surface area contributed by atoms with Crippen molar-refractivity contribution < 1.29 is 9.53 Å². The lowest BCUT2D eigenvalue weighted by Gasteiger charge is -2.27. The van der Waals surface area contributed by atoms with Crippen molar-refractivity contribution >= 4 is 17.2 Å². The van der Waals surface area contributed by atoms with Gasteiger partial charge in [-0.2, -0.15) is 5.10 Å². The first kappa shape index (κ1) is 19.3. The van der Waals surface area contributed by atoms with Crippen LogP contribution in [0.2, 0.25) is 0 Å². The fourth-order valence-corrected chi connectivity index (χ4v) is 4.34. The molecule has 0 atom stereocenters. The summed E-state index contributed by atoms with van der Waals surface area (Å²) in [7, 11) is 1.60. The number of carbonyl (C=O) groups excluding carboxylic acids is 1. The Hall–Kier alpha value is -3.72. The van der Waals surface area contributed by atoms with Crippen molar-refractivity contribution in [1.29, 1.82) is 0 Å². The summed E-state index contributed by atoms with van der Waals surface area (Å²) in [5.41, 5.74) is 3.02. The Bertz CT molecular complexity index is 1290. The summed E-state index contributed by atoms with van der Waals surface area (Å²) in [4.78, 5) is 35.9. The van der Waals surface area contributed by atoms with Crippen molar-refractivity contribution in [2.75, 3.05) is 13.7 Å². The summed E-state index contributed by atoms with van der Waals surface area (Å²) in [5, 5.41) is 9.10. The van der Waals surface area contributed by atoms with Gasteiger partial charge in [-0.1, -0.05) is 6.07 Å². The quantitative estimate of drug-likeness (QED) is 0.515. The van der Waals surface area contributed by atoms with E-state index >= 15 is 0 Å². The number of nitrogens with zero attached hydrogens (tertiary/aromatic N) is 3. The molecule has 0 unspecified atom stereocenters. The number of methoxy groups -OCH3 is 1. The van der Waals surface area contributed by atoms with Crippen LogP contribution >= 0.6 is 11.3 Å². The van der Waals surface area contributed by atoms with Gasteiger partial charge in [-0.25, -0.2) is 4.98 Å². The van der Waals surface area contributed by atoms with Crippen LogP contribution in [0.15, 0.2) is 52.6 Å². The average Bonchev–Trinajstić information content (AvgIpc) is 3.50. The van der Waals surface area contributed by atoms with Gasteiger partial charge in [0.25, 0.3) is 11.5 Å². The molecule has 0 fully saturated rings. The molecule has 0 bridgehead atoms. The van der Waals surface area contributed by atoms with Gasteiger partial charge < -0.3 is 14.6 Å². The summed E-state index contributed by atoms with van der Waals surface area (Å²) in [5.74, 6) is 1.01. The standard InChI is InChI=1S/C22H19N5O3S/c1-30-14-6-4-13(5-7-14)20-23-18-12-27(9-8-15(18)21(28)24-20)22(29)17-11-16(25-26-17)19-3-2-10-31-19/h2-7,10-11H,8-9,12H2,1H3,(H,25,26)(H,23,24,28). The van der Waals surface area contributed by atoms with E-state index < -0.39 is 0 Å². The SMILES string of the molecule is COc1ccc(-c2nc3c(c(=O)[nH]2)CCN(C(=O)c2cc(-c4cccs4)[nH]n2)C3)cc1. The number of thiophene rings is 1. The van der Waals surface area contributed by atoms with E-state index in [1.165, 1.54) is 0 Å². The molecular weight excluding hydrogens is 414 g/mol. The van der Waals surface area contributed by atoms with Crippen LogP contribution in [-0.2, 0) is 13.0 Å². The summed E-state index contributed by atoms with van der Waals surface area (Å²) >= 11 is 1.58. The van der Waals surface area contributed by atoms with Crippen LogP contribution in [0.5, 0.6) is 5.75 Å². The van der Waals surface area contributed by atoms with Crippen LogP contribution in [0.4, 0.5) is 0 Å². The highest BCUT2D eigenvalue weighted by molar-refractivity contribution is 7.13. The summed E-state index contributed by atoms with van der Waals surface area (Å²) in [6, 6.07) is 13.0. The molecule has 4 heterocycles. The first-order valence-corrected chi connectivity index (χ1v) is 10.7. The molecule has 0 saturated carbocycles. The van der Waals surface area contributed by atoms with E-state index in [4.69, 9.17) is 4.74 Å². The molecule has 1 amide bonds. The third kappa shape index (κ3) is 3.64. The van der Waals surface area contributed by atoms with Gasteiger partial charge in [0, 0.05) is 17.7 Å². The Balaban J connectivity index is 1.41. The van der Waals surface area contributed by atoms with Crippen LogP contribution in [-0.4, -0.2) is 44.6 Å². The molecule has 0 spiro atoms. The van der Waals surface area contributed by atoms with Crippen LogP contribution in [0, 0.1) is 0 Å². The molecule has 8 nitrogen and oxygen atoms in total. The number of amides is 1. The first-order chi connectivity index (χ1) is 15.1. The number of hydrogen-bond acceptors (Lipinski definition) is 6. The lowest BCUT2D eigenvalue weighted by molar-refractivity contribution is 0.0725. The van der Waals surface area contributed by atoms with Crippen LogP contribution < -0.4 is 10.3 Å². The molecule has 0 saturated heterocycles. The van der Waals surface area contributed by atoms with Gasteiger partial charge in [-0.15, -0.1) is 11.3 Å². The minimum atomic E-state index is -0.183. The minimum Gasteiger partial charge on any atom is -0.497 e. The van der Waals surface area contributed by atoms with Crippen LogP contribution in [0.25, 0.3) is 22.0 Å². The predicted molar refractivity (Wildman–Crippen MR) is 117 cm³/mol. The molecule has 5 rings (SSSR count). The van der Waals surface area contributed by atoms with Gasteiger partial charge in [-0.3, -0.25) is 14.7 Å². The number of aromatic nitrogens is 4. The topological polar surface area (TPSA) is 104 Å². The van der Waals surface area contributed by atoms with Crippen molar-refractivity contribution in [2.24, 2.45) is 0 Å². The van der Waals surface area contributed by atoms with Gasteiger partial charge in [0.05, 0.1) is 29.9 Å². The van der Waals surface area contributed by atoms with E-state index in [1.54, 1.807) is 29.4 Å². The lowest BCUT2D eigenvalue weighted by Crippen LogP contribution is -2.39. The number of aromatic amines is 2. The number of carbonyl (C=O) groups is 1. The second-order valence-corrected chi connectivity index (χ2v) is 8.14. The molecule has 1 aromatic carbocycles. The zero-order valence-corrected chi connectivity index (χ0v) is 17.5. The van der Waals surface area contributed by atoms with E-state index in [0.29, 0.717) is 35.7 Å². The Kier molecular flexibility index (Phi) is 4.87. The van der Waals surface area contributed by atoms with E-state index in [0.717, 1.165) is 21.9 Å². The van der Waals surface area contributed by atoms with E-state index in [2.05, 4.69) is 20.2 Å². The normalized spacial score (nSPS) is 13.1. The van der Waals surface area contributed by atoms with Gasteiger partial charge in [0.1, 0.15) is 11.6 Å². The van der Waals surface area contributed by atoms with Crippen molar-refractivity contribution in [3.8, 4) is 27.7 Å². The fraction of sp³-hybridized carbons (Fsp3) is 0.182. The molecule has 3 aromatic heterocycles. The maximum Gasteiger partial charge on any atom is 0.274 e. The van der Waals surface area contributed by atoms with Crippen LogP contribution in [0.1, 0.15) is 21.7 Å². The third-order valence-electron chi connectivity index (χ3n) is 5.31. The van der Waals surface area contributed by atoms with Gasteiger partial charge in [-0.05, 0) is 48.2 Å². The van der Waals surface area contributed by atoms with E-state index in [9.17, 15) is 9.59 Å². The maximum atomic E-state index is 13.0. The number of fused-ring (bicyclic) bond motifs is 1. The second-order valence-electron chi connectivity index (χ2n) is 7.19. The number of benzene rings is 1. The molecule has 1 aliphatic heterocycles. The minimum absolute atomic E-state index is 0.164. The zero-order chi connectivity index (χ0) is 21.4. The summed E-state index contributed by atoms with van der Waals surface area (Å²) < 4.78 is 5.18. The lowest BCUT2D eigenvalue weighted by atomic mass is 10.1. The average molecular weight is 433 g/mol. The molecule has 9 heteroatoms. The van der Waals surface area contributed by atoms with Gasteiger partial charge in [0.15, 0.2) is 5.69 Å². The number of H-pyrrole nitrogens is 2. The second kappa shape index (κ2) is 7.84. The molecule has 0 radical (unpaired) electrons. The Morgan fingerprint density at radius 1 is 1.23 bits per heavy atom. The highest BCUT2D eigenvalue weighted by atomic mass is 32.1. The molecule has 1 aliphatic rings.